The predicted molar refractivity (Wildman–Crippen MR) is 57.6 cm³/mol. The van der Waals surface area contributed by atoms with Gasteiger partial charge in [0.2, 0.25) is 0 Å². The van der Waals surface area contributed by atoms with E-state index in [-0.39, 0.29) is 11.2 Å². The van der Waals surface area contributed by atoms with Gasteiger partial charge in [0.25, 0.3) is 0 Å². The van der Waals surface area contributed by atoms with Crippen LogP contribution in [0.5, 0.6) is 0 Å². The number of hydrogen-bond donors (Lipinski definition) is 1. The smallest absolute Gasteiger partial charge is 0.188 e. The zero-order chi connectivity index (χ0) is 11.1. The number of Topliss-reactive ketones (excluding diaryl/α,β-unsaturated/α-hetero) is 1. The summed E-state index contributed by atoms with van der Waals surface area (Å²) in [5.41, 5.74) is 7.10. The molecule has 0 bridgehead atoms. The summed E-state index contributed by atoms with van der Waals surface area (Å²) >= 11 is 0. The van der Waals surface area contributed by atoms with E-state index in [1.165, 1.54) is 0 Å². The van der Waals surface area contributed by atoms with Gasteiger partial charge in [0.15, 0.2) is 5.78 Å². The first kappa shape index (κ1) is 10.4. The van der Waals surface area contributed by atoms with Gasteiger partial charge in [0.05, 0.1) is 6.20 Å². The summed E-state index contributed by atoms with van der Waals surface area (Å²) < 4.78 is 1.66. The van der Waals surface area contributed by atoms with Crippen molar-refractivity contribution in [1.82, 2.24) is 9.78 Å². The Morgan fingerprint density at radius 2 is 2.33 bits per heavy atom. The normalized spacial score (nSPS) is 18.6. The Bertz CT molecular complexity index is 366. The Kier molecular flexibility index (Phi) is 2.38. The summed E-state index contributed by atoms with van der Waals surface area (Å²) in [7, 11) is 1.81. The van der Waals surface area contributed by atoms with E-state index in [4.69, 9.17) is 5.73 Å². The van der Waals surface area contributed by atoms with Gasteiger partial charge in [0, 0.05) is 19.0 Å². The number of nitrogens with zero attached hydrogens (tertiary/aromatic N) is 2. The second-order valence-electron chi connectivity index (χ2n) is 4.47. The minimum Gasteiger partial charge on any atom is -0.329 e. The summed E-state index contributed by atoms with van der Waals surface area (Å²) in [5.74, 6) is 0.175. The van der Waals surface area contributed by atoms with Gasteiger partial charge in [-0.25, -0.2) is 0 Å². The van der Waals surface area contributed by atoms with Crippen molar-refractivity contribution in [3.05, 3.63) is 17.5 Å². The predicted octanol–water partition coefficient (Wildman–Crippen LogP) is 1.04. The molecule has 1 aliphatic rings. The van der Waals surface area contributed by atoms with Crippen molar-refractivity contribution in [1.29, 1.82) is 0 Å². The molecule has 4 nitrogen and oxygen atoms in total. The van der Waals surface area contributed by atoms with Crippen molar-refractivity contribution < 1.29 is 4.79 Å². The van der Waals surface area contributed by atoms with Gasteiger partial charge in [-0.1, -0.05) is 6.42 Å². The lowest BCUT2D eigenvalue weighted by Crippen LogP contribution is -2.45. The van der Waals surface area contributed by atoms with Crippen LogP contribution >= 0.6 is 0 Å². The summed E-state index contributed by atoms with van der Waals surface area (Å²) in [6.07, 6.45) is 4.69. The molecule has 1 fully saturated rings. The molecule has 0 unspecified atom stereocenters. The lowest BCUT2D eigenvalue weighted by Gasteiger charge is -2.39. The molecule has 0 saturated heterocycles. The summed E-state index contributed by atoms with van der Waals surface area (Å²) in [4.78, 5) is 12.3. The maximum atomic E-state index is 12.3. The Balaban J connectivity index is 2.35. The van der Waals surface area contributed by atoms with Crippen LogP contribution in [0.3, 0.4) is 0 Å². The van der Waals surface area contributed by atoms with Crippen LogP contribution in [0, 0.1) is 12.3 Å². The van der Waals surface area contributed by atoms with Crippen molar-refractivity contribution >= 4 is 5.78 Å². The van der Waals surface area contributed by atoms with Crippen LogP contribution in [-0.4, -0.2) is 22.1 Å². The van der Waals surface area contributed by atoms with Gasteiger partial charge in [-0.05, 0) is 25.3 Å². The quantitative estimate of drug-likeness (QED) is 0.753. The molecule has 0 aliphatic heterocycles. The minimum atomic E-state index is -0.293. The zero-order valence-corrected chi connectivity index (χ0v) is 9.29. The molecule has 2 N–H and O–H groups in total. The Morgan fingerprint density at radius 1 is 1.67 bits per heavy atom. The van der Waals surface area contributed by atoms with Crippen molar-refractivity contribution in [2.45, 2.75) is 26.2 Å². The Hall–Kier alpha value is -1.16. The fourth-order valence-corrected chi connectivity index (χ4v) is 2.25. The highest BCUT2D eigenvalue weighted by atomic mass is 16.1. The maximum Gasteiger partial charge on any atom is 0.188 e. The second-order valence-corrected chi connectivity index (χ2v) is 4.47. The lowest BCUT2D eigenvalue weighted by atomic mass is 9.65. The molecule has 0 atom stereocenters. The van der Waals surface area contributed by atoms with E-state index < -0.39 is 0 Å². The average molecular weight is 207 g/mol. The Morgan fingerprint density at radius 3 is 2.67 bits per heavy atom. The molecule has 1 aliphatic carbocycles. The molecule has 15 heavy (non-hydrogen) atoms. The molecule has 4 heteroatoms. The summed E-state index contributed by atoms with van der Waals surface area (Å²) in [6.45, 7) is 2.37. The topological polar surface area (TPSA) is 60.9 Å². The van der Waals surface area contributed by atoms with Gasteiger partial charge >= 0.3 is 0 Å². The van der Waals surface area contributed by atoms with Crippen LogP contribution in [0.2, 0.25) is 0 Å². The maximum absolute atomic E-state index is 12.3. The van der Waals surface area contributed by atoms with Crippen LogP contribution < -0.4 is 5.73 Å². The molecule has 1 heterocycles. The summed E-state index contributed by atoms with van der Waals surface area (Å²) in [5, 5.41) is 4.10. The minimum absolute atomic E-state index is 0.175. The first-order valence-electron chi connectivity index (χ1n) is 5.34. The zero-order valence-electron chi connectivity index (χ0n) is 9.29. The number of carbonyl (C=O) groups is 1. The molecular formula is C11H17N3O. The highest BCUT2D eigenvalue weighted by molar-refractivity contribution is 6.01. The van der Waals surface area contributed by atoms with Crippen molar-refractivity contribution in [3.8, 4) is 0 Å². The van der Waals surface area contributed by atoms with Crippen LogP contribution in [0.1, 0.15) is 35.3 Å². The van der Waals surface area contributed by atoms with Gasteiger partial charge in [-0.3, -0.25) is 9.48 Å². The molecule has 1 aromatic heterocycles. The van der Waals surface area contributed by atoms with E-state index >= 15 is 0 Å². The van der Waals surface area contributed by atoms with Crippen molar-refractivity contribution in [2.24, 2.45) is 18.2 Å². The molecule has 0 radical (unpaired) electrons. The molecule has 2 rings (SSSR count). The Labute approximate surface area is 89.5 Å². The third kappa shape index (κ3) is 1.40. The highest BCUT2D eigenvalue weighted by Crippen LogP contribution is 2.42. The third-order valence-corrected chi connectivity index (χ3v) is 3.52. The number of carbonyl (C=O) groups excluding carboxylic acids is 1. The summed E-state index contributed by atoms with van der Waals surface area (Å²) in [6, 6.07) is 0. The fraction of sp³-hybridized carbons (Fsp3) is 0.636. The molecule has 1 aromatic rings. The molecule has 1 saturated carbocycles. The fourth-order valence-electron chi connectivity index (χ4n) is 2.25. The number of aromatic nitrogens is 2. The number of rotatable bonds is 3. The standard InChI is InChI=1S/C11H17N3O/c1-8-6-13-14(2)9(8)10(15)11(7-12)4-3-5-11/h6H,3-5,7,12H2,1-2H3. The van der Waals surface area contributed by atoms with E-state index in [9.17, 15) is 4.79 Å². The van der Waals surface area contributed by atoms with Gasteiger partial charge < -0.3 is 5.73 Å². The lowest BCUT2D eigenvalue weighted by molar-refractivity contribution is 0.0624. The van der Waals surface area contributed by atoms with Crippen molar-refractivity contribution in [3.63, 3.8) is 0 Å². The SMILES string of the molecule is Cc1cnn(C)c1C(=O)C1(CN)CCC1. The van der Waals surface area contributed by atoms with Crippen LogP contribution in [0.4, 0.5) is 0 Å². The van der Waals surface area contributed by atoms with Crippen molar-refractivity contribution in [2.75, 3.05) is 6.54 Å². The van der Waals surface area contributed by atoms with Gasteiger partial charge in [-0.15, -0.1) is 0 Å². The molecule has 0 spiro atoms. The van der Waals surface area contributed by atoms with E-state index in [0.29, 0.717) is 6.54 Å². The van der Waals surface area contributed by atoms with Crippen LogP contribution in [0.15, 0.2) is 6.20 Å². The second kappa shape index (κ2) is 3.45. The average Bonchev–Trinajstić information content (AvgIpc) is 2.45. The molecule has 82 valence electrons. The van der Waals surface area contributed by atoms with Gasteiger partial charge in [0.1, 0.15) is 5.69 Å². The largest absolute Gasteiger partial charge is 0.329 e. The van der Waals surface area contributed by atoms with E-state index in [2.05, 4.69) is 5.10 Å². The van der Waals surface area contributed by atoms with E-state index in [1.54, 1.807) is 10.9 Å². The van der Waals surface area contributed by atoms with Gasteiger partial charge in [-0.2, -0.15) is 5.10 Å². The third-order valence-electron chi connectivity index (χ3n) is 3.52. The number of hydrogen-bond acceptors (Lipinski definition) is 3. The molecule has 0 amide bonds. The first-order chi connectivity index (χ1) is 7.10. The first-order valence-corrected chi connectivity index (χ1v) is 5.34. The monoisotopic (exact) mass is 207 g/mol. The highest BCUT2D eigenvalue weighted by Gasteiger charge is 2.44. The van der Waals surface area contributed by atoms with Crippen LogP contribution in [-0.2, 0) is 7.05 Å². The number of nitrogens with two attached hydrogens (primary N) is 1. The molecule has 0 aromatic carbocycles. The molecular weight excluding hydrogens is 190 g/mol. The van der Waals surface area contributed by atoms with E-state index in [0.717, 1.165) is 30.5 Å². The van der Waals surface area contributed by atoms with Crippen LogP contribution in [0.25, 0.3) is 0 Å². The van der Waals surface area contributed by atoms with E-state index in [1.807, 2.05) is 14.0 Å². The number of aryl methyl sites for hydroxylation is 2. The number of ketones is 1.